The molecule has 180 valence electrons. The van der Waals surface area contributed by atoms with Gasteiger partial charge in [0.1, 0.15) is 0 Å². The molecule has 4 saturated carbocycles. The number of aryl methyl sites for hydroxylation is 1. The number of rotatable bonds is 10. The summed E-state index contributed by atoms with van der Waals surface area (Å²) in [7, 11) is 0. The highest BCUT2D eigenvalue weighted by atomic mass is 16.2. The molecule has 4 aliphatic rings. The standard InChI is InChI=1S/C30H39N3O/c34-29(32-13-4-8-25-10-14-31-15-11-25)33(16-5-9-24-6-2-1-3-7-24)17-12-30-21-26-18-27(22-30)20-28(19-26)23-30/h1-3,5-7,9-11,14-15,26-28H,4,8,12-13,16-23H2,(H,32,34)/b9-5+. The van der Waals surface area contributed by atoms with E-state index in [0.717, 1.165) is 37.1 Å². The molecule has 2 amide bonds. The first-order valence-electron chi connectivity index (χ1n) is 13.3. The third-order valence-electron chi connectivity index (χ3n) is 8.47. The van der Waals surface area contributed by atoms with Crippen molar-refractivity contribution >= 4 is 12.1 Å². The van der Waals surface area contributed by atoms with Gasteiger partial charge in [-0.2, -0.15) is 0 Å². The molecule has 34 heavy (non-hydrogen) atoms. The lowest BCUT2D eigenvalue weighted by Crippen LogP contribution is -2.48. The van der Waals surface area contributed by atoms with E-state index >= 15 is 0 Å². The zero-order valence-electron chi connectivity index (χ0n) is 20.4. The number of benzene rings is 1. The first kappa shape index (κ1) is 23.1. The van der Waals surface area contributed by atoms with Gasteiger partial charge in [0.25, 0.3) is 0 Å². The van der Waals surface area contributed by atoms with Gasteiger partial charge in [-0.25, -0.2) is 4.79 Å². The minimum absolute atomic E-state index is 0.0807. The summed E-state index contributed by atoms with van der Waals surface area (Å²) in [6.07, 6.45) is 19.6. The number of nitrogens with zero attached hydrogens (tertiary/aromatic N) is 2. The molecule has 1 heterocycles. The van der Waals surface area contributed by atoms with Gasteiger partial charge < -0.3 is 10.2 Å². The first-order chi connectivity index (χ1) is 16.7. The number of carbonyl (C=O) groups is 1. The highest BCUT2D eigenvalue weighted by Crippen LogP contribution is 2.61. The second-order valence-electron chi connectivity index (χ2n) is 11.1. The molecular weight excluding hydrogens is 418 g/mol. The van der Waals surface area contributed by atoms with Gasteiger partial charge in [-0.3, -0.25) is 4.98 Å². The number of aromatic nitrogens is 1. The van der Waals surface area contributed by atoms with Gasteiger partial charge in [0.05, 0.1) is 0 Å². The van der Waals surface area contributed by atoms with Crippen molar-refractivity contribution in [1.82, 2.24) is 15.2 Å². The van der Waals surface area contributed by atoms with Crippen LogP contribution in [0.5, 0.6) is 0 Å². The lowest BCUT2D eigenvalue weighted by Gasteiger charge is -2.57. The second kappa shape index (κ2) is 10.8. The van der Waals surface area contributed by atoms with Gasteiger partial charge in [0, 0.05) is 32.0 Å². The zero-order valence-corrected chi connectivity index (χ0v) is 20.4. The number of hydrogen-bond acceptors (Lipinski definition) is 2. The Morgan fingerprint density at radius 1 is 1.00 bits per heavy atom. The summed E-state index contributed by atoms with van der Waals surface area (Å²) in [5.74, 6) is 2.87. The van der Waals surface area contributed by atoms with Crippen molar-refractivity contribution in [3.63, 3.8) is 0 Å². The van der Waals surface area contributed by atoms with Crippen LogP contribution >= 0.6 is 0 Å². The Kier molecular flexibility index (Phi) is 7.32. The molecule has 4 aliphatic carbocycles. The van der Waals surface area contributed by atoms with Crippen LogP contribution in [0.1, 0.15) is 62.5 Å². The Morgan fingerprint density at radius 3 is 2.35 bits per heavy atom. The van der Waals surface area contributed by atoms with Crippen molar-refractivity contribution in [2.45, 2.75) is 57.8 Å². The molecule has 0 saturated heterocycles. The van der Waals surface area contributed by atoms with Gasteiger partial charge in [-0.1, -0.05) is 42.5 Å². The minimum atomic E-state index is 0.0807. The largest absolute Gasteiger partial charge is 0.338 e. The summed E-state index contributed by atoms with van der Waals surface area (Å²) in [5, 5.41) is 3.20. The molecule has 1 aromatic carbocycles. The quantitative estimate of drug-likeness (QED) is 0.423. The van der Waals surface area contributed by atoms with Crippen molar-refractivity contribution < 1.29 is 4.79 Å². The molecule has 1 aromatic heterocycles. The fourth-order valence-corrected chi connectivity index (χ4v) is 7.27. The predicted molar refractivity (Wildman–Crippen MR) is 138 cm³/mol. The van der Waals surface area contributed by atoms with Crippen LogP contribution in [-0.4, -0.2) is 35.5 Å². The van der Waals surface area contributed by atoms with E-state index in [2.05, 4.69) is 46.7 Å². The average Bonchev–Trinajstić information content (AvgIpc) is 2.84. The predicted octanol–water partition coefficient (Wildman–Crippen LogP) is 6.35. The summed E-state index contributed by atoms with van der Waals surface area (Å²) in [6, 6.07) is 14.5. The van der Waals surface area contributed by atoms with Crippen LogP contribution in [0, 0.1) is 23.2 Å². The Bertz CT molecular complexity index is 920. The van der Waals surface area contributed by atoms with Crippen LogP contribution in [0.15, 0.2) is 60.9 Å². The SMILES string of the molecule is O=C(NCCCc1ccncc1)N(C/C=C/c1ccccc1)CCC12CC3CC(CC(C3)C1)C2. The molecule has 4 nitrogen and oxygen atoms in total. The smallest absolute Gasteiger partial charge is 0.317 e. The number of pyridine rings is 1. The molecule has 1 N–H and O–H groups in total. The maximum atomic E-state index is 13.2. The summed E-state index contributed by atoms with van der Waals surface area (Å²) in [5.41, 5.74) is 2.95. The van der Waals surface area contributed by atoms with Crippen molar-refractivity contribution in [2.24, 2.45) is 23.2 Å². The summed E-state index contributed by atoms with van der Waals surface area (Å²) >= 11 is 0. The molecule has 0 atom stereocenters. The van der Waals surface area contributed by atoms with E-state index in [1.54, 1.807) is 0 Å². The zero-order chi connectivity index (χ0) is 23.2. The number of amides is 2. The lowest BCUT2D eigenvalue weighted by molar-refractivity contribution is -0.0593. The topological polar surface area (TPSA) is 45.2 Å². The van der Waals surface area contributed by atoms with Crippen LogP contribution in [0.25, 0.3) is 6.08 Å². The minimum Gasteiger partial charge on any atom is -0.338 e. The highest BCUT2D eigenvalue weighted by Gasteiger charge is 2.50. The fourth-order valence-electron chi connectivity index (χ4n) is 7.27. The van der Waals surface area contributed by atoms with Gasteiger partial charge in [0.15, 0.2) is 0 Å². The highest BCUT2D eigenvalue weighted by molar-refractivity contribution is 5.74. The van der Waals surface area contributed by atoms with E-state index in [-0.39, 0.29) is 6.03 Å². The first-order valence-corrected chi connectivity index (χ1v) is 13.3. The summed E-state index contributed by atoms with van der Waals surface area (Å²) in [6.45, 7) is 2.23. The Hall–Kier alpha value is -2.62. The molecule has 2 aromatic rings. The van der Waals surface area contributed by atoms with Crippen LogP contribution in [0.4, 0.5) is 4.79 Å². The fraction of sp³-hybridized carbons (Fsp3) is 0.533. The molecule has 0 unspecified atom stereocenters. The van der Waals surface area contributed by atoms with Crippen LogP contribution < -0.4 is 5.32 Å². The van der Waals surface area contributed by atoms with E-state index in [1.165, 1.54) is 56.1 Å². The number of nitrogens with one attached hydrogen (secondary N) is 1. The van der Waals surface area contributed by atoms with Crippen LogP contribution in [-0.2, 0) is 6.42 Å². The molecule has 0 aliphatic heterocycles. The maximum absolute atomic E-state index is 13.2. The summed E-state index contributed by atoms with van der Waals surface area (Å²) in [4.78, 5) is 19.3. The number of hydrogen-bond donors (Lipinski definition) is 1. The van der Waals surface area contributed by atoms with E-state index in [0.29, 0.717) is 18.5 Å². The molecular formula is C30H39N3O. The molecule has 4 heteroatoms. The van der Waals surface area contributed by atoms with Crippen molar-refractivity contribution in [1.29, 1.82) is 0 Å². The Balaban J connectivity index is 1.17. The Morgan fingerprint density at radius 2 is 1.68 bits per heavy atom. The van der Waals surface area contributed by atoms with E-state index in [9.17, 15) is 4.79 Å². The normalized spacial score (nSPS) is 27.2. The van der Waals surface area contributed by atoms with Gasteiger partial charge in [-0.15, -0.1) is 0 Å². The molecule has 4 bridgehead atoms. The van der Waals surface area contributed by atoms with Crippen LogP contribution in [0.2, 0.25) is 0 Å². The van der Waals surface area contributed by atoms with E-state index < -0.39 is 0 Å². The second-order valence-corrected chi connectivity index (χ2v) is 11.1. The van der Waals surface area contributed by atoms with Crippen molar-refractivity contribution in [3.05, 3.63) is 72.1 Å². The molecule has 6 rings (SSSR count). The number of carbonyl (C=O) groups excluding carboxylic acids is 1. The van der Waals surface area contributed by atoms with Gasteiger partial charge >= 0.3 is 6.03 Å². The summed E-state index contributed by atoms with van der Waals surface area (Å²) < 4.78 is 0. The monoisotopic (exact) mass is 457 g/mol. The van der Waals surface area contributed by atoms with Gasteiger partial charge in [0.2, 0.25) is 0 Å². The molecule has 0 spiro atoms. The molecule has 0 radical (unpaired) electrons. The lowest BCUT2D eigenvalue weighted by atomic mass is 9.49. The number of urea groups is 1. The third-order valence-corrected chi connectivity index (χ3v) is 8.47. The van der Waals surface area contributed by atoms with E-state index in [4.69, 9.17) is 0 Å². The van der Waals surface area contributed by atoms with Gasteiger partial charge in [-0.05, 0) is 104 Å². The Labute approximate surface area is 204 Å². The third kappa shape index (κ3) is 5.89. The van der Waals surface area contributed by atoms with Crippen molar-refractivity contribution in [2.75, 3.05) is 19.6 Å². The van der Waals surface area contributed by atoms with E-state index in [1.807, 2.05) is 35.5 Å². The average molecular weight is 458 g/mol. The molecule has 4 fully saturated rings. The maximum Gasteiger partial charge on any atom is 0.317 e. The van der Waals surface area contributed by atoms with Crippen LogP contribution in [0.3, 0.4) is 0 Å². The van der Waals surface area contributed by atoms with Crippen molar-refractivity contribution in [3.8, 4) is 0 Å².